The van der Waals surface area contributed by atoms with Gasteiger partial charge in [-0.2, -0.15) is 0 Å². The van der Waals surface area contributed by atoms with Crippen molar-refractivity contribution in [2.24, 2.45) is 0 Å². The van der Waals surface area contributed by atoms with Crippen LogP contribution in [0.15, 0.2) is 59.5 Å². The molecule has 28 heavy (non-hydrogen) atoms. The van der Waals surface area contributed by atoms with Gasteiger partial charge in [-0.3, -0.25) is 0 Å². The summed E-state index contributed by atoms with van der Waals surface area (Å²) >= 11 is 0. The second-order valence-corrected chi connectivity index (χ2v) is 8.59. The molecule has 0 atom stereocenters. The lowest BCUT2D eigenvalue weighted by Crippen LogP contribution is -2.25. The molecule has 0 unspecified atom stereocenters. The topological polar surface area (TPSA) is 75.6 Å². The van der Waals surface area contributed by atoms with Crippen molar-refractivity contribution in [1.29, 1.82) is 0 Å². The average Bonchev–Trinajstić information content (AvgIpc) is 2.67. The van der Waals surface area contributed by atoms with Crippen LogP contribution in [-0.4, -0.2) is 26.7 Å². The first kappa shape index (κ1) is 20.2. The molecule has 0 aliphatic carbocycles. The number of sulfonamides is 1. The van der Waals surface area contributed by atoms with E-state index in [0.29, 0.717) is 18.4 Å². The highest BCUT2D eigenvalue weighted by molar-refractivity contribution is 7.89. The van der Waals surface area contributed by atoms with E-state index in [1.807, 2.05) is 50.2 Å². The predicted molar refractivity (Wildman–Crippen MR) is 111 cm³/mol. The van der Waals surface area contributed by atoms with E-state index in [1.54, 1.807) is 12.1 Å². The second-order valence-electron chi connectivity index (χ2n) is 6.86. The van der Waals surface area contributed by atoms with Crippen molar-refractivity contribution in [3.8, 4) is 11.5 Å². The van der Waals surface area contributed by atoms with Crippen molar-refractivity contribution in [3.63, 3.8) is 0 Å². The maximum atomic E-state index is 12.6. The van der Waals surface area contributed by atoms with Gasteiger partial charge in [-0.05, 0) is 61.4 Å². The van der Waals surface area contributed by atoms with Crippen molar-refractivity contribution >= 4 is 20.8 Å². The highest BCUT2D eigenvalue weighted by atomic mass is 32.2. The summed E-state index contributed by atoms with van der Waals surface area (Å²) in [5, 5.41) is 11.8. The van der Waals surface area contributed by atoms with Gasteiger partial charge >= 0.3 is 0 Å². The van der Waals surface area contributed by atoms with Crippen LogP contribution in [0, 0.1) is 13.8 Å². The number of nitrogens with one attached hydrogen (secondary N) is 1. The summed E-state index contributed by atoms with van der Waals surface area (Å²) in [6, 6.07) is 16.6. The van der Waals surface area contributed by atoms with Crippen molar-refractivity contribution in [2.45, 2.75) is 31.6 Å². The van der Waals surface area contributed by atoms with E-state index in [4.69, 9.17) is 4.74 Å². The molecule has 0 aliphatic rings. The Balaban J connectivity index is 1.57. The first-order chi connectivity index (χ1) is 13.4. The number of aromatic hydroxyl groups is 1. The normalized spacial score (nSPS) is 11.6. The molecule has 5 nitrogen and oxygen atoms in total. The molecule has 3 rings (SSSR count). The number of fused-ring (bicyclic) bond motifs is 1. The molecule has 3 aromatic carbocycles. The van der Waals surface area contributed by atoms with E-state index in [0.717, 1.165) is 28.7 Å². The molecule has 0 saturated heterocycles. The van der Waals surface area contributed by atoms with Crippen LogP contribution in [0.5, 0.6) is 11.5 Å². The zero-order valence-electron chi connectivity index (χ0n) is 16.1. The minimum atomic E-state index is -3.79. The number of ether oxygens (including phenoxy) is 1. The summed E-state index contributed by atoms with van der Waals surface area (Å²) in [6.07, 6.45) is 1.36. The molecule has 0 aromatic heterocycles. The number of phenolic OH excluding ortho intramolecular Hbond substituents is 1. The van der Waals surface area contributed by atoms with Crippen LogP contribution < -0.4 is 9.46 Å². The fourth-order valence-electron chi connectivity index (χ4n) is 3.12. The quantitative estimate of drug-likeness (QED) is 0.554. The third kappa shape index (κ3) is 4.64. The molecule has 0 heterocycles. The van der Waals surface area contributed by atoms with Gasteiger partial charge in [0.05, 0.1) is 6.61 Å². The zero-order chi connectivity index (χ0) is 20.1. The number of benzene rings is 3. The Morgan fingerprint density at radius 1 is 0.964 bits per heavy atom. The van der Waals surface area contributed by atoms with Gasteiger partial charge < -0.3 is 9.84 Å². The van der Waals surface area contributed by atoms with Crippen LogP contribution in [-0.2, 0) is 10.0 Å². The number of phenols is 1. The first-order valence-corrected chi connectivity index (χ1v) is 10.8. The monoisotopic (exact) mass is 399 g/mol. The number of hydrogen-bond donors (Lipinski definition) is 2. The summed E-state index contributed by atoms with van der Waals surface area (Å²) in [4.78, 5) is -0.0836. The summed E-state index contributed by atoms with van der Waals surface area (Å²) in [7, 11) is -3.79. The van der Waals surface area contributed by atoms with Crippen LogP contribution in [0.25, 0.3) is 10.8 Å². The largest absolute Gasteiger partial charge is 0.506 e. The van der Waals surface area contributed by atoms with Gasteiger partial charge in [-0.15, -0.1) is 0 Å². The van der Waals surface area contributed by atoms with E-state index in [-0.39, 0.29) is 17.2 Å². The molecule has 6 heteroatoms. The Morgan fingerprint density at radius 2 is 1.71 bits per heavy atom. The van der Waals surface area contributed by atoms with Crippen LogP contribution >= 0.6 is 0 Å². The van der Waals surface area contributed by atoms with Gasteiger partial charge in [0.25, 0.3) is 0 Å². The van der Waals surface area contributed by atoms with Crippen molar-refractivity contribution in [3.05, 3.63) is 65.7 Å². The van der Waals surface area contributed by atoms with Gasteiger partial charge in [0.15, 0.2) is 0 Å². The van der Waals surface area contributed by atoms with E-state index in [2.05, 4.69) is 4.72 Å². The van der Waals surface area contributed by atoms with E-state index in [9.17, 15) is 13.5 Å². The molecule has 0 bridgehead atoms. The SMILES string of the molecule is Cc1cccc(OCCCCNS(=O)(=O)c2cc(C)c3ccccc3c2O)c1. The summed E-state index contributed by atoms with van der Waals surface area (Å²) < 4.78 is 33.5. The molecule has 0 amide bonds. The van der Waals surface area contributed by atoms with E-state index < -0.39 is 10.0 Å². The summed E-state index contributed by atoms with van der Waals surface area (Å²) in [6.45, 7) is 4.64. The molecular formula is C22H25NO4S. The molecular weight excluding hydrogens is 374 g/mol. The Kier molecular flexibility index (Phi) is 6.21. The minimum absolute atomic E-state index is 0.0836. The Labute approximate surface area is 166 Å². The third-order valence-electron chi connectivity index (χ3n) is 4.60. The fourth-order valence-corrected chi connectivity index (χ4v) is 4.39. The number of rotatable bonds is 8. The fraction of sp³-hybridized carbons (Fsp3) is 0.273. The lowest BCUT2D eigenvalue weighted by molar-refractivity contribution is 0.307. The highest BCUT2D eigenvalue weighted by Crippen LogP contribution is 2.34. The average molecular weight is 400 g/mol. The van der Waals surface area contributed by atoms with Crippen molar-refractivity contribution in [1.82, 2.24) is 4.72 Å². The lowest BCUT2D eigenvalue weighted by Gasteiger charge is -2.12. The lowest BCUT2D eigenvalue weighted by atomic mass is 10.0. The van der Waals surface area contributed by atoms with Gasteiger partial charge in [-0.1, -0.05) is 36.4 Å². The maximum Gasteiger partial charge on any atom is 0.244 e. The molecule has 0 fully saturated rings. The van der Waals surface area contributed by atoms with Crippen molar-refractivity contribution < 1.29 is 18.3 Å². The van der Waals surface area contributed by atoms with E-state index >= 15 is 0 Å². The van der Waals surface area contributed by atoms with Crippen molar-refractivity contribution in [2.75, 3.05) is 13.2 Å². The Bertz CT molecular complexity index is 1080. The Hall–Kier alpha value is -2.57. The summed E-state index contributed by atoms with van der Waals surface area (Å²) in [5.41, 5.74) is 1.94. The summed E-state index contributed by atoms with van der Waals surface area (Å²) in [5.74, 6) is 0.605. The number of hydrogen-bond acceptors (Lipinski definition) is 4. The zero-order valence-corrected chi connectivity index (χ0v) is 16.9. The molecule has 0 spiro atoms. The molecule has 0 saturated carbocycles. The standard InChI is InChI=1S/C22H25NO4S/c1-16-8-7-9-18(14-16)27-13-6-5-12-23-28(25,26)21-15-17(2)19-10-3-4-11-20(19)22(21)24/h3-4,7-11,14-15,23-24H,5-6,12-13H2,1-2H3. The molecule has 3 aromatic rings. The predicted octanol–water partition coefficient (Wildman–Crippen LogP) is 4.30. The van der Waals surface area contributed by atoms with Gasteiger partial charge in [-0.25, -0.2) is 13.1 Å². The molecule has 2 N–H and O–H groups in total. The maximum absolute atomic E-state index is 12.6. The van der Waals surface area contributed by atoms with Crippen LogP contribution in [0.2, 0.25) is 0 Å². The van der Waals surface area contributed by atoms with Crippen LogP contribution in [0.4, 0.5) is 0 Å². The van der Waals surface area contributed by atoms with Gasteiger partial charge in [0.2, 0.25) is 10.0 Å². The van der Waals surface area contributed by atoms with Crippen LogP contribution in [0.3, 0.4) is 0 Å². The molecule has 0 radical (unpaired) electrons. The number of aryl methyl sites for hydroxylation is 2. The second kappa shape index (κ2) is 8.63. The smallest absolute Gasteiger partial charge is 0.244 e. The minimum Gasteiger partial charge on any atom is -0.506 e. The first-order valence-electron chi connectivity index (χ1n) is 9.29. The van der Waals surface area contributed by atoms with Crippen LogP contribution in [0.1, 0.15) is 24.0 Å². The third-order valence-corrected chi connectivity index (χ3v) is 6.07. The number of unbranched alkanes of at least 4 members (excludes halogenated alkanes) is 1. The van der Waals surface area contributed by atoms with Gasteiger partial charge in [0.1, 0.15) is 16.4 Å². The Morgan fingerprint density at radius 3 is 2.46 bits per heavy atom. The highest BCUT2D eigenvalue weighted by Gasteiger charge is 2.21. The van der Waals surface area contributed by atoms with E-state index in [1.165, 1.54) is 6.07 Å². The molecule has 0 aliphatic heterocycles. The van der Waals surface area contributed by atoms with Gasteiger partial charge in [0, 0.05) is 11.9 Å². The molecule has 148 valence electrons.